The molecular formula is C15H18N2O4. The summed E-state index contributed by atoms with van der Waals surface area (Å²) in [6.45, 7) is 6.31. The number of nitrogens with zero attached hydrogens (tertiary/aromatic N) is 2. The van der Waals surface area contributed by atoms with E-state index < -0.39 is 11.0 Å². The third-order valence-corrected chi connectivity index (χ3v) is 3.47. The van der Waals surface area contributed by atoms with E-state index >= 15 is 0 Å². The molecule has 112 valence electrons. The number of carbonyl (C=O) groups excluding carboxylic acids is 1. The minimum absolute atomic E-state index is 0.0540. The van der Waals surface area contributed by atoms with Crippen LogP contribution in [0.2, 0.25) is 0 Å². The van der Waals surface area contributed by atoms with Crippen LogP contribution in [0.1, 0.15) is 18.9 Å². The molecule has 1 aliphatic heterocycles. The Morgan fingerprint density at radius 1 is 1.62 bits per heavy atom. The number of hydrogen-bond donors (Lipinski definition) is 0. The molecule has 1 aromatic carbocycles. The highest BCUT2D eigenvalue weighted by molar-refractivity contribution is 5.98. The van der Waals surface area contributed by atoms with Crippen LogP contribution >= 0.6 is 0 Å². The molecule has 0 N–H and O–H groups in total. The minimum atomic E-state index is -0.536. The summed E-state index contributed by atoms with van der Waals surface area (Å²) in [4.78, 5) is 24.3. The SMILES string of the molecule is C=CCCOC(C)C(=O)N1CCc2cc([N+](=O)[O-])ccc21. The molecule has 1 aromatic rings. The third kappa shape index (κ3) is 3.28. The number of amides is 1. The van der Waals surface area contributed by atoms with Crippen molar-refractivity contribution in [2.45, 2.75) is 25.9 Å². The lowest BCUT2D eigenvalue weighted by atomic mass is 10.1. The van der Waals surface area contributed by atoms with Crippen LogP contribution < -0.4 is 4.90 Å². The molecule has 0 radical (unpaired) electrons. The summed E-state index contributed by atoms with van der Waals surface area (Å²) < 4.78 is 5.46. The van der Waals surface area contributed by atoms with Gasteiger partial charge in [0.2, 0.25) is 0 Å². The van der Waals surface area contributed by atoms with Gasteiger partial charge < -0.3 is 9.64 Å². The molecule has 6 nitrogen and oxygen atoms in total. The number of ether oxygens (including phenoxy) is 1. The van der Waals surface area contributed by atoms with Crippen molar-refractivity contribution in [3.8, 4) is 0 Å². The molecule has 21 heavy (non-hydrogen) atoms. The van der Waals surface area contributed by atoms with Gasteiger partial charge in [-0.3, -0.25) is 14.9 Å². The van der Waals surface area contributed by atoms with Crippen LogP contribution in [0.3, 0.4) is 0 Å². The highest BCUT2D eigenvalue weighted by Gasteiger charge is 2.29. The lowest BCUT2D eigenvalue weighted by Gasteiger charge is -2.21. The zero-order chi connectivity index (χ0) is 15.4. The van der Waals surface area contributed by atoms with Crippen molar-refractivity contribution in [1.82, 2.24) is 0 Å². The van der Waals surface area contributed by atoms with E-state index in [0.29, 0.717) is 26.0 Å². The van der Waals surface area contributed by atoms with Crippen LogP contribution in [-0.2, 0) is 16.0 Å². The number of hydrogen-bond acceptors (Lipinski definition) is 4. The van der Waals surface area contributed by atoms with Crippen LogP contribution in [0, 0.1) is 10.1 Å². The standard InChI is InChI=1S/C15H18N2O4/c1-3-4-9-21-11(2)15(18)16-8-7-12-10-13(17(19)20)5-6-14(12)16/h3,5-6,10-11H,1,4,7-9H2,2H3. The molecule has 0 fully saturated rings. The Morgan fingerprint density at radius 3 is 3.05 bits per heavy atom. The fourth-order valence-corrected chi connectivity index (χ4v) is 2.35. The molecule has 1 amide bonds. The van der Waals surface area contributed by atoms with Gasteiger partial charge in [0.25, 0.3) is 11.6 Å². The maximum atomic E-state index is 12.4. The maximum absolute atomic E-state index is 12.4. The average molecular weight is 290 g/mol. The number of benzene rings is 1. The molecule has 2 rings (SSSR count). The number of anilines is 1. The van der Waals surface area contributed by atoms with E-state index in [-0.39, 0.29) is 11.6 Å². The molecule has 0 bridgehead atoms. The number of nitro benzene ring substituents is 1. The predicted molar refractivity (Wildman–Crippen MR) is 79.4 cm³/mol. The normalized spacial score (nSPS) is 14.6. The highest BCUT2D eigenvalue weighted by Crippen LogP contribution is 2.31. The van der Waals surface area contributed by atoms with Crippen molar-refractivity contribution in [3.63, 3.8) is 0 Å². The predicted octanol–water partition coefficient (Wildman–Crippen LogP) is 2.47. The second-order valence-electron chi connectivity index (χ2n) is 4.90. The third-order valence-electron chi connectivity index (χ3n) is 3.47. The van der Waals surface area contributed by atoms with Crippen LogP contribution in [0.25, 0.3) is 0 Å². The van der Waals surface area contributed by atoms with Crippen molar-refractivity contribution >= 4 is 17.3 Å². The summed E-state index contributed by atoms with van der Waals surface area (Å²) in [6.07, 6.45) is 2.52. The summed E-state index contributed by atoms with van der Waals surface area (Å²) in [5, 5.41) is 10.8. The quantitative estimate of drug-likeness (QED) is 0.349. The van der Waals surface area contributed by atoms with Gasteiger partial charge in [-0.2, -0.15) is 0 Å². The van der Waals surface area contributed by atoms with Gasteiger partial charge in [-0.05, 0) is 31.4 Å². The Kier molecular flexibility index (Phi) is 4.70. The molecule has 1 aliphatic rings. The molecule has 0 saturated carbocycles. The largest absolute Gasteiger partial charge is 0.368 e. The molecule has 0 aromatic heterocycles. The lowest BCUT2D eigenvalue weighted by molar-refractivity contribution is -0.384. The molecule has 0 aliphatic carbocycles. The number of rotatable bonds is 6. The van der Waals surface area contributed by atoms with Gasteiger partial charge in [0.15, 0.2) is 0 Å². The molecule has 1 heterocycles. The van der Waals surface area contributed by atoms with E-state index in [1.807, 2.05) is 0 Å². The Morgan fingerprint density at radius 2 is 2.38 bits per heavy atom. The smallest absolute Gasteiger partial charge is 0.269 e. The number of non-ortho nitro benzene ring substituents is 1. The van der Waals surface area contributed by atoms with Gasteiger partial charge in [-0.1, -0.05) is 6.08 Å². The first-order chi connectivity index (χ1) is 10.0. The fourth-order valence-electron chi connectivity index (χ4n) is 2.35. The van der Waals surface area contributed by atoms with Crippen molar-refractivity contribution in [1.29, 1.82) is 0 Å². The molecule has 0 spiro atoms. The first-order valence-corrected chi connectivity index (χ1v) is 6.85. The van der Waals surface area contributed by atoms with E-state index in [2.05, 4.69) is 6.58 Å². The summed E-state index contributed by atoms with van der Waals surface area (Å²) in [6, 6.07) is 4.59. The van der Waals surface area contributed by atoms with Crippen LogP contribution in [0.4, 0.5) is 11.4 Å². The van der Waals surface area contributed by atoms with E-state index in [4.69, 9.17) is 4.74 Å². The Hall–Kier alpha value is -2.21. The van der Waals surface area contributed by atoms with Gasteiger partial charge >= 0.3 is 0 Å². The second-order valence-corrected chi connectivity index (χ2v) is 4.90. The van der Waals surface area contributed by atoms with Gasteiger partial charge in [0.1, 0.15) is 6.10 Å². The van der Waals surface area contributed by atoms with E-state index in [0.717, 1.165) is 11.3 Å². The van der Waals surface area contributed by atoms with Gasteiger partial charge in [-0.15, -0.1) is 6.58 Å². The van der Waals surface area contributed by atoms with Gasteiger partial charge in [0, 0.05) is 24.4 Å². The molecule has 1 atom stereocenters. The van der Waals surface area contributed by atoms with Crippen molar-refractivity contribution in [3.05, 3.63) is 46.5 Å². The number of nitro groups is 1. The zero-order valence-electron chi connectivity index (χ0n) is 11.9. The van der Waals surface area contributed by atoms with Crippen LogP contribution in [0.15, 0.2) is 30.9 Å². The first-order valence-electron chi connectivity index (χ1n) is 6.85. The van der Waals surface area contributed by atoms with Crippen LogP contribution in [0.5, 0.6) is 0 Å². The molecule has 1 unspecified atom stereocenters. The zero-order valence-corrected chi connectivity index (χ0v) is 11.9. The maximum Gasteiger partial charge on any atom is 0.269 e. The van der Waals surface area contributed by atoms with Gasteiger partial charge in [0.05, 0.1) is 11.5 Å². The van der Waals surface area contributed by atoms with Crippen molar-refractivity contribution in [2.24, 2.45) is 0 Å². The topological polar surface area (TPSA) is 72.7 Å². The molecule has 0 saturated heterocycles. The average Bonchev–Trinajstić information content (AvgIpc) is 2.89. The number of fused-ring (bicyclic) bond motifs is 1. The summed E-state index contributed by atoms with van der Waals surface area (Å²) in [7, 11) is 0. The molecule has 6 heteroatoms. The minimum Gasteiger partial charge on any atom is -0.368 e. The summed E-state index contributed by atoms with van der Waals surface area (Å²) in [5.41, 5.74) is 1.62. The van der Waals surface area contributed by atoms with Gasteiger partial charge in [-0.25, -0.2) is 0 Å². The van der Waals surface area contributed by atoms with Crippen LogP contribution in [-0.4, -0.2) is 30.1 Å². The Bertz CT molecular complexity index is 571. The lowest BCUT2D eigenvalue weighted by Crippen LogP contribution is -2.38. The molecular weight excluding hydrogens is 272 g/mol. The fraction of sp³-hybridized carbons (Fsp3) is 0.400. The van der Waals surface area contributed by atoms with E-state index in [9.17, 15) is 14.9 Å². The Balaban J connectivity index is 2.09. The van der Waals surface area contributed by atoms with Crippen molar-refractivity contribution < 1.29 is 14.5 Å². The van der Waals surface area contributed by atoms with E-state index in [1.165, 1.54) is 12.1 Å². The van der Waals surface area contributed by atoms with E-state index in [1.54, 1.807) is 24.0 Å². The second kappa shape index (κ2) is 6.49. The summed E-state index contributed by atoms with van der Waals surface area (Å²) in [5.74, 6) is -0.119. The highest BCUT2D eigenvalue weighted by atomic mass is 16.6. The number of carbonyl (C=O) groups is 1. The first kappa shape index (κ1) is 15.2. The summed E-state index contributed by atoms with van der Waals surface area (Å²) >= 11 is 0. The monoisotopic (exact) mass is 290 g/mol. The Labute approximate surface area is 123 Å². The van der Waals surface area contributed by atoms with Crippen molar-refractivity contribution in [2.75, 3.05) is 18.1 Å².